The van der Waals surface area contributed by atoms with Crippen LogP contribution in [0.2, 0.25) is 0 Å². The number of Topliss-reactive ketones (excluding diaryl/α,β-unsaturated/α-hetero) is 1. The van der Waals surface area contributed by atoms with E-state index in [0.717, 1.165) is 50.9 Å². The van der Waals surface area contributed by atoms with Crippen LogP contribution in [-0.4, -0.2) is 34.7 Å². The molecule has 0 bridgehead atoms. The van der Waals surface area contributed by atoms with Crippen molar-refractivity contribution in [1.29, 1.82) is 0 Å². The van der Waals surface area contributed by atoms with Crippen LogP contribution in [0, 0.1) is 5.92 Å². The van der Waals surface area contributed by atoms with E-state index in [9.17, 15) is 9.59 Å². The van der Waals surface area contributed by atoms with Gasteiger partial charge in [0.1, 0.15) is 5.78 Å². The summed E-state index contributed by atoms with van der Waals surface area (Å²) in [5.74, 6) is 1.63. The number of rotatable bonds is 7. The quantitative estimate of drug-likeness (QED) is 0.725. The lowest BCUT2D eigenvalue weighted by atomic mass is 9.97. The molecule has 1 aromatic heterocycles. The minimum Gasteiger partial charge on any atom is -0.342 e. The summed E-state index contributed by atoms with van der Waals surface area (Å²) >= 11 is 1.73. The minimum atomic E-state index is 0.249. The number of thiazole rings is 1. The van der Waals surface area contributed by atoms with Gasteiger partial charge in [0, 0.05) is 37.2 Å². The molecule has 3 rings (SSSR count). The number of aromatic nitrogens is 1. The van der Waals surface area contributed by atoms with Gasteiger partial charge in [-0.3, -0.25) is 4.79 Å². The number of carbonyl (C=O) groups excluding carboxylic acids is 2. The van der Waals surface area contributed by atoms with Gasteiger partial charge in [-0.1, -0.05) is 12.8 Å². The van der Waals surface area contributed by atoms with E-state index in [1.54, 1.807) is 18.3 Å². The number of nitrogens with zero attached hydrogens (tertiary/aromatic N) is 2. The Kier molecular flexibility index (Phi) is 6.63. The topological polar surface area (TPSA) is 50.3 Å². The molecule has 1 saturated carbocycles. The summed E-state index contributed by atoms with van der Waals surface area (Å²) in [6.45, 7) is 3.40. The second kappa shape index (κ2) is 8.93. The Morgan fingerprint density at radius 1 is 1.24 bits per heavy atom. The van der Waals surface area contributed by atoms with Crippen LogP contribution in [0.3, 0.4) is 0 Å². The Bertz CT molecular complexity index is 592. The van der Waals surface area contributed by atoms with Gasteiger partial charge in [0.15, 0.2) is 0 Å². The Morgan fingerprint density at radius 3 is 2.80 bits per heavy atom. The molecule has 1 saturated heterocycles. The molecule has 1 unspecified atom stereocenters. The smallest absolute Gasteiger partial charge is 0.222 e. The van der Waals surface area contributed by atoms with Crippen molar-refractivity contribution in [2.45, 2.75) is 77.0 Å². The fourth-order valence-electron chi connectivity index (χ4n) is 4.14. The molecule has 1 aliphatic heterocycles. The molecule has 0 radical (unpaired) electrons. The van der Waals surface area contributed by atoms with Crippen LogP contribution in [0.4, 0.5) is 0 Å². The lowest BCUT2D eigenvalue weighted by Gasteiger charge is -2.32. The summed E-state index contributed by atoms with van der Waals surface area (Å²) in [5, 5.41) is 3.31. The van der Waals surface area contributed by atoms with Crippen molar-refractivity contribution in [2.75, 3.05) is 13.1 Å². The molecule has 1 aliphatic carbocycles. The average molecular weight is 363 g/mol. The number of hydrogen-bond acceptors (Lipinski definition) is 4. The predicted molar refractivity (Wildman–Crippen MR) is 101 cm³/mol. The molecule has 1 amide bonds. The number of hydrogen-bond donors (Lipinski definition) is 0. The van der Waals surface area contributed by atoms with Gasteiger partial charge in [-0.2, -0.15) is 0 Å². The normalized spacial score (nSPS) is 21.6. The second-order valence-electron chi connectivity index (χ2n) is 7.77. The number of likely N-dealkylation sites (tertiary alicyclic amines) is 1. The third kappa shape index (κ3) is 5.37. The highest BCUT2D eigenvalue weighted by atomic mass is 32.1. The maximum Gasteiger partial charge on any atom is 0.222 e. The summed E-state index contributed by atoms with van der Waals surface area (Å²) in [4.78, 5) is 30.6. The van der Waals surface area contributed by atoms with Crippen molar-refractivity contribution in [3.63, 3.8) is 0 Å². The summed E-state index contributed by atoms with van der Waals surface area (Å²) in [6.07, 6.45) is 10.4. The molecule has 1 atom stereocenters. The minimum absolute atomic E-state index is 0.249. The van der Waals surface area contributed by atoms with Gasteiger partial charge in [-0.05, 0) is 51.4 Å². The maximum atomic E-state index is 12.6. The zero-order chi connectivity index (χ0) is 17.6. The van der Waals surface area contributed by atoms with E-state index < -0.39 is 0 Å². The van der Waals surface area contributed by atoms with Gasteiger partial charge in [-0.25, -0.2) is 4.98 Å². The maximum absolute atomic E-state index is 12.6. The number of amides is 1. The molecule has 2 fully saturated rings. The van der Waals surface area contributed by atoms with Crippen molar-refractivity contribution >= 4 is 23.0 Å². The average Bonchev–Trinajstić information content (AvgIpc) is 3.26. The Morgan fingerprint density at radius 2 is 2.04 bits per heavy atom. The van der Waals surface area contributed by atoms with Crippen LogP contribution in [0.15, 0.2) is 5.38 Å². The zero-order valence-electron chi connectivity index (χ0n) is 15.3. The third-order valence-corrected chi connectivity index (χ3v) is 6.65. The molecule has 138 valence electrons. The highest BCUT2D eigenvalue weighted by Gasteiger charge is 2.28. The van der Waals surface area contributed by atoms with Crippen molar-refractivity contribution in [3.8, 4) is 0 Å². The van der Waals surface area contributed by atoms with Gasteiger partial charge in [0.05, 0.1) is 10.7 Å². The molecule has 1 aromatic rings. The van der Waals surface area contributed by atoms with Gasteiger partial charge in [0.25, 0.3) is 0 Å². The standard InChI is InChI=1S/C20H30N2O2S/c1-15(23)6-4-10-18-14-25-20(21-18)17-9-5-11-22(13-17)19(24)12-16-7-2-3-8-16/h14,16-17H,2-13H2,1H3. The molecule has 25 heavy (non-hydrogen) atoms. The Labute approximate surface area is 155 Å². The van der Waals surface area contributed by atoms with Crippen molar-refractivity contribution in [1.82, 2.24) is 9.88 Å². The van der Waals surface area contributed by atoms with Gasteiger partial charge < -0.3 is 9.69 Å². The van der Waals surface area contributed by atoms with Gasteiger partial charge in [-0.15, -0.1) is 11.3 Å². The number of piperidine rings is 1. The van der Waals surface area contributed by atoms with E-state index >= 15 is 0 Å². The first-order valence-corrected chi connectivity index (χ1v) is 10.7. The first-order chi connectivity index (χ1) is 12.1. The predicted octanol–water partition coefficient (Wildman–Crippen LogP) is 4.34. The van der Waals surface area contributed by atoms with E-state index in [1.165, 1.54) is 30.7 Å². The van der Waals surface area contributed by atoms with E-state index in [4.69, 9.17) is 4.98 Å². The van der Waals surface area contributed by atoms with Crippen molar-refractivity contribution < 1.29 is 9.59 Å². The molecule has 2 aliphatic rings. The third-order valence-electron chi connectivity index (χ3n) is 5.59. The molecule has 4 nitrogen and oxygen atoms in total. The number of ketones is 1. The van der Waals surface area contributed by atoms with E-state index in [2.05, 4.69) is 10.3 Å². The second-order valence-corrected chi connectivity index (χ2v) is 8.66. The highest BCUT2D eigenvalue weighted by molar-refractivity contribution is 7.09. The van der Waals surface area contributed by atoms with Crippen LogP contribution < -0.4 is 0 Å². The molecule has 0 N–H and O–H groups in total. The van der Waals surface area contributed by atoms with E-state index in [-0.39, 0.29) is 5.78 Å². The molecule has 0 spiro atoms. The van der Waals surface area contributed by atoms with E-state index in [0.29, 0.717) is 24.2 Å². The summed E-state index contributed by atoms with van der Waals surface area (Å²) in [7, 11) is 0. The Balaban J connectivity index is 1.51. The zero-order valence-corrected chi connectivity index (χ0v) is 16.2. The molecule has 0 aromatic carbocycles. The lowest BCUT2D eigenvalue weighted by molar-refractivity contribution is -0.133. The van der Waals surface area contributed by atoms with Crippen LogP contribution in [0.5, 0.6) is 0 Å². The first-order valence-electron chi connectivity index (χ1n) is 9.83. The Hall–Kier alpha value is -1.23. The molecular formula is C20H30N2O2S. The van der Waals surface area contributed by atoms with E-state index in [1.807, 2.05) is 0 Å². The fourth-order valence-corrected chi connectivity index (χ4v) is 5.12. The highest BCUT2D eigenvalue weighted by Crippen LogP contribution is 2.32. The lowest BCUT2D eigenvalue weighted by Crippen LogP contribution is -2.39. The number of carbonyl (C=O) groups is 2. The molecule has 5 heteroatoms. The summed E-state index contributed by atoms with van der Waals surface area (Å²) in [6, 6.07) is 0. The summed E-state index contributed by atoms with van der Waals surface area (Å²) in [5.41, 5.74) is 1.11. The molecular weight excluding hydrogens is 332 g/mol. The van der Waals surface area contributed by atoms with Crippen molar-refractivity contribution in [3.05, 3.63) is 16.1 Å². The van der Waals surface area contributed by atoms with Gasteiger partial charge in [0.2, 0.25) is 5.91 Å². The monoisotopic (exact) mass is 362 g/mol. The van der Waals surface area contributed by atoms with Crippen LogP contribution in [0.25, 0.3) is 0 Å². The van der Waals surface area contributed by atoms with Crippen molar-refractivity contribution in [2.24, 2.45) is 5.92 Å². The molecule has 2 heterocycles. The summed E-state index contributed by atoms with van der Waals surface area (Å²) < 4.78 is 0. The largest absolute Gasteiger partial charge is 0.342 e. The van der Waals surface area contributed by atoms with Crippen LogP contribution >= 0.6 is 11.3 Å². The van der Waals surface area contributed by atoms with Crippen LogP contribution in [0.1, 0.15) is 81.3 Å². The van der Waals surface area contributed by atoms with Crippen LogP contribution in [-0.2, 0) is 16.0 Å². The first kappa shape index (κ1) is 18.6. The van der Waals surface area contributed by atoms with Gasteiger partial charge >= 0.3 is 0 Å². The SMILES string of the molecule is CC(=O)CCCc1csc(C2CCCN(C(=O)CC3CCCC3)C2)n1. The fraction of sp³-hybridized carbons (Fsp3) is 0.750. The number of aryl methyl sites for hydroxylation is 1.